The molecule has 0 spiro atoms. The van der Waals surface area contributed by atoms with Crippen LogP contribution in [0.1, 0.15) is 6.92 Å². The fourth-order valence-corrected chi connectivity index (χ4v) is 2.72. The van der Waals surface area contributed by atoms with E-state index in [0.29, 0.717) is 0 Å². The molecule has 114 valence electrons. The molecule has 0 radical (unpaired) electrons. The van der Waals surface area contributed by atoms with Crippen LogP contribution in [0.2, 0.25) is 0 Å². The molecule has 1 aromatic carbocycles. The normalized spacial score (nSPS) is 14.1. The molecule has 1 rings (SSSR count). The van der Waals surface area contributed by atoms with E-state index in [0.717, 1.165) is 18.2 Å². The number of rotatable bonds is 6. The molecule has 0 bridgehead atoms. The third-order valence-electron chi connectivity index (χ3n) is 2.12. The number of methoxy groups -OCH3 is 1. The Labute approximate surface area is 114 Å². The van der Waals surface area contributed by atoms with Gasteiger partial charge in [0.1, 0.15) is 5.75 Å². The van der Waals surface area contributed by atoms with E-state index in [1.54, 1.807) is 6.92 Å². The Morgan fingerprint density at radius 1 is 1.35 bits per heavy atom. The number of halogens is 3. The largest absolute Gasteiger partial charge is 0.573 e. The van der Waals surface area contributed by atoms with Crippen molar-refractivity contribution in [1.82, 2.24) is 4.72 Å². The number of ether oxygens (including phenoxy) is 2. The molecule has 0 amide bonds. The average molecular weight is 313 g/mol. The number of nitrogens with one attached hydrogen (secondary N) is 1. The molecular formula is C11H14F3NO4S. The zero-order valence-electron chi connectivity index (χ0n) is 10.8. The second kappa shape index (κ2) is 6.42. The summed E-state index contributed by atoms with van der Waals surface area (Å²) in [6.45, 7) is 1.70. The average Bonchev–Trinajstić information content (AvgIpc) is 2.26. The Kier molecular flexibility index (Phi) is 5.37. The van der Waals surface area contributed by atoms with E-state index in [9.17, 15) is 21.6 Å². The summed E-state index contributed by atoms with van der Waals surface area (Å²) in [5, 5.41) is 0. The van der Waals surface area contributed by atoms with Gasteiger partial charge in [-0.1, -0.05) is 6.07 Å². The molecule has 1 N–H and O–H groups in total. The molecule has 0 aromatic heterocycles. The highest BCUT2D eigenvalue weighted by atomic mass is 32.2. The third-order valence-corrected chi connectivity index (χ3v) is 3.71. The van der Waals surface area contributed by atoms with Crippen molar-refractivity contribution in [3.63, 3.8) is 0 Å². The van der Waals surface area contributed by atoms with Crippen molar-refractivity contribution in [2.24, 2.45) is 0 Å². The van der Waals surface area contributed by atoms with Gasteiger partial charge in [0, 0.05) is 19.2 Å². The Morgan fingerprint density at radius 3 is 2.55 bits per heavy atom. The van der Waals surface area contributed by atoms with Crippen LogP contribution in [-0.2, 0) is 14.8 Å². The first-order valence-corrected chi connectivity index (χ1v) is 6.99. The van der Waals surface area contributed by atoms with E-state index in [1.165, 1.54) is 13.2 Å². The molecule has 0 aliphatic carbocycles. The summed E-state index contributed by atoms with van der Waals surface area (Å²) in [4.78, 5) is -0.317. The minimum absolute atomic E-state index is 0.137. The summed E-state index contributed by atoms with van der Waals surface area (Å²) < 4.78 is 70.8. The van der Waals surface area contributed by atoms with Crippen LogP contribution in [0.3, 0.4) is 0 Å². The molecule has 0 fully saturated rings. The van der Waals surface area contributed by atoms with E-state index in [2.05, 4.69) is 9.46 Å². The second-order valence-corrected chi connectivity index (χ2v) is 5.71. The molecular weight excluding hydrogens is 299 g/mol. The Morgan fingerprint density at radius 2 is 2.00 bits per heavy atom. The van der Waals surface area contributed by atoms with Crippen LogP contribution >= 0.6 is 0 Å². The summed E-state index contributed by atoms with van der Waals surface area (Å²) in [6.07, 6.45) is -4.88. The summed E-state index contributed by atoms with van der Waals surface area (Å²) in [5.74, 6) is -0.597. The van der Waals surface area contributed by atoms with Gasteiger partial charge in [0.2, 0.25) is 10.0 Å². The molecule has 9 heteroatoms. The molecule has 20 heavy (non-hydrogen) atoms. The zero-order chi connectivity index (χ0) is 15.4. The van der Waals surface area contributed by atoms with E-state index < -0.39 is 28.2 Å². The first kappa shape index (κ1) is 16.7. The van der Waals surface area contributed by atoms with Crippen LogP contribution in [0.4, 0.5) is 13.2 Å². The molecule has 0 saturated heterocycles. The van der Waals surface area contributed by atoms with Crippen molar-refractivity contribution in [3.05, 3.63) is 24.3 Å². The van der Waals surface area contributed by atoms with E-state index in [1.807, 2.05) is 0 Å². The van der Waals surface area contributed by atoms with Crippen LogP contribution in [0, 0.1) is 0 Å². The van der Waals surface area contributed by atoms with Crippen LogP contribution < -0.4 is 9.46 Å². The predicted molar refractivity (Wildman–Crippen MR) is 64.8 cm³/mol. The lowest BCUT2D eigenvalue weighted by Crippen LogP contribution is -2.35. The maximum absolute atomic E-state index is 12.1. The standard InChI is InChI=1S/C11H14F3NO4S/c1-8(7-18-2)15-20(16,17)10-5-3-4-9(6-10)19-11(12,13)14/h3-6,8,15H,7H2,1-2H3/t8-/m0/s1. The summed E-state index contributed by atoms with van der Waals surface area (Å²) in [6, 6.07) is 3.64. The second-order valence-electron chi connectivity index (χ2n) is 4.00. The maximum Gasteiger partial charge on any atom is 0.573 e. The van der Waals surface area contributed by atoms with E-state index >= 15 is 0 Å². The highest BCUT2D eigenvalue weighted by molar-refractivity contribution is 7.89. The van der Waals surface area contributed by atoms with Crippen molar-refractivity contribution >= 4 is 10.0 Å². The number of hydrogen-bond donors (Lipinski definition) is 1. The molecule has 0 saturated carbocycles. The Hall–Kier alpha value is -1.32. The van der Waals surface area contributed by atoms with Gasteiger partial charge in [-0.3, -0.25) is 0 Å². The monoisotopic (exact) mass is 313 g/mol. The number of benzene rings is 1. The molecule has 5 nitrogen and oxygen atoms in total. The first-order valence-electron chi connectivity index (χ1n) is 5.51. The van der Waals surface area contributed by atoms with Gasteiger partial charge in [-0.15, -0.1) is 13.2 Å². The molecule has 0 aliphatic rings. The van der Waals surface area contributed by atoms with Gasteiger partial charge < -0.3 is 9.47 Å². The van der Waals surface area contributed by atoms with Gasteiger partial charge in [0.05, 0.1) is 11.5 Å². The van der Waals surface area contributed by atoms with Gasteiger partial charge in [-0.2, -0.15) is 0 Å². The van der Waals surface area contributed by atoms with Crippen molar-refractivity contribution in [3.8, 4) is 5.75 Å². The molecule has 0 heterocycles. The molecule has 1 aromatic rings. The zero-order valence-corrected chi connectivity index (χ0v) is 11.6. The molecule has 0 aliphatic heterocycles. The number of hydrogen-bond acceptors (Lipinski definition) is 4. The summed E-state index contributed by atoms with van der Waals surface area (Å²) >= 11 is 0. The third kappa shape index (κ3) is 5.35. The van der Waals surface area contributed by atoms with Gasteiger partial charge in [0.15, 0.2) is 0 Å². The number of alkyl halides is 3. The quantitative estimate of drug-likeness (QED) is 0.871. The van der Waals surface area contributed by atoms with Crippen LogP contribution in [0.15, 0.2) is 29.2 Å². The lowest BCUT2D eigenvalue weighted by Gasteiger charge is -2.14. The van der Waals surface area contributed by atoms with Gasteiger partial charge in [0.25, 0.3) is 0 Å². The Bertz CT molecular complexity index is 545. The SMILES string of the molecule is COC[C@H](C)NS(=O)(=O)c1cccc(OC(F)(F)F)c1. The van der Waals surface area contributed by atoms with E-state index in [4.69, 9.17) is 4.74 Å². The lowest BCUT2D eigenvalue weighted by atomic mass is 10.3. The van der Waals surface area contributed by atoms with Crippen LogP contribution in [0.25, 0.3) is 0 Å². The minimum Gasteiger partial charge on any atom is -0.406 e. The fraction of sp³-hybridized carbons (Fsp3) is 0.455. The van der Waals surface area contributed by atoms with Gasteiger partial charge in [-0.25, -0.2) is 13.1 Å². The lowest BCUT2D eigenvalue weighted by molar-refractivity contribution is -0.274. The molecule has 0 unspecified atom stereocenters. The predicted octanol–water partition coefficient (Wildman–Crippen LogP) is 1.90. The van der Waals surface area contributed by atoms with Gasteiger partial charge in [-0.05, 0) is 19.1 Å². The van der Waals surface area contributed by atoms with E-state index in [-0.39, 0.29) is 11.5 Å². The topological polar surface area (TPSA) is 64.6 Å². The van der Waals surface area contributed by atoms with Crippen molar-refractivity contribution in [1.29, 1.82) is 0 Å². The van der Waals surface area contributed by atoms with Crippen molar-refractivity contribution < 1.29 is 31.1 Å². The van der Waals surface area contributed by atoms with Crippen LogP contribution in [-0.4, -0.2) is 34.5 Å². The number of sulfonamides is 1. The Balaban J connectivity index is 2.93. The van der Waals surface area contributed by atoms with Crippen LogP contribution in [0.5, 0.6) is 5.75 Å². The minimum atomic E-state index is -4.88. The summed E-state index contributed by atoms with van der Waals surface area (Å²) in [5.41, 5.74) is 0. The first-order chi connectivity index (χ1) is 9.14. The smallest absolute Gasteiger partial charge is 0.406 e. The highest BCUT2D eigenvalue weighted by Crippen LogP contribution is 2.24. The van der Waals surface area contributed by atoms with Crippen molar-refractivity contribution in [2.75, 3.05) is 13.7 Å². The molecule has 1 atom stereocenters. The summed E-state index contributed by atoms with van der Waals surface area (Å²) in [7, 11) is -2.53. The fourth-order valence-electron chi connectivity index (χ4n) is 1.46. The van der Waals surface area contributed by atoms with Gasteiger partial charge >= 0.3 is 6.36 Å². The highest BCUT2D eigenvalue weighted by Gasteiger charge is 2.31. The maximum atomic E-state index is 12.1. The van der Waals surface area contributed by atoms with Crippen molar-refractivity contribution in [2.45, 2.75) is 24.2 Å².